The maximum atomic E-state index is 12.6. The van der Waals surface area contributed by atoms with Crippen LogP contribution in [0, 0.1) is 0 Å². The number of amides is 1. The van der Waals surface area contributed by atoms with Gasteiger partial charge in [-0.25, -0.2) is 13.1 Å². The van der Waals surface area contributed by atoms with Crippen LogP contribution in [0.25, 0.3) is 10.9 Å². The number of fused-ring (bicyclic) bond motifs is 1. The first-order chi connectivity index (χ1) is 14.5. The van der Waals surface area contributed by atoms with Crippen LogP contribution in [0.15, 0.2) is 59.6 Å². The molecule has 1 amide bonds. The van der Waals surface area contributed by atoms with Crippen LogP contribution in [0.5, 0.6) is 0 Å². The van der Waals surface area contributed by atoms with E-state index in [2.05, 4.69) is 15.0 Å². The zero-order valence-electron chi connectivity index (χ0n) is 16.6. The number of benzene rings is 2. The van der Waals surface area contributed by atoms with Gasteiger partial charge in [-0.05, 0) is 49.1 Å². The number of hydrogen-bond donors (Lipinski definition) is 3. The Morgan fingerprint density at radius 1 is 1.17 bits per heavy atom. The SMILES string of the molecule is O=C(NCCc1c[nH]c2ccccc12)c1cccc(S(=O)(=O)NCC2CCCO2)c1. The Hall–Kier alpha value is -2.68. The molecule has 1 unspecified atom stereocenters. The Kier molecular flexibility index (Phi) is 6.17. The number of H-pyrrole nitrogens is 1. The molecular formula is C22H25N3O4S. The van der Waals surface area contributed by atoms with E-state index in [1.165, 1.54) is 12.1 Å². The minimum atomic E-state index is -3.70. The number of hydrogen-bond acceptors (Lipinski definition) is 4. The van der Waals surface area contributed by atoms with Gasteiger partial charge in [-0.1, -0.05) is 24.3 Å². The smallest absolute Gasteiger partial charge is 0.251 e. The normalized spacial score (nSPS) is 16.7. The van der Waals surface area contributed by atoms with Crippen LogP contribution in [-0.2, 0) is 21.2 Å². The van der Waals surface area contributed by atoms with E-state index >= 15 is 0 Å². The standard InChI is InChI=1S/C22H25N3O4S/c26-22(23-11-10-17-14-24-21-9-2-1-8-20(17)21)16-5-3-7-19(13-16)30(27,28)25-15-18-6-4-12-29-18/h1-3,5,7-9,13-14,18,24-25H,4,6,10-12,15H2,(H,23,26). The lowest BCUT2D eigenvalue weighted by atomic mass is 10.1. The second-order valence-electron chi connectivity index (χ2n) is 7.38. The number of para-hydroxylation sites is 1. The lowest BCUT2D eigenvalue weighted by molar-refractivity contribution is 0.0954. The molecule has 0 aliphatic carbocycles. The average Bonchev–Trinajstić information content (AvgIpc) is 3.43. The summed E-state index contributed by atoms with van der Waals surface area (Å²) in [6.07, 6.45) is 4.33. The quantitative estimate of drug-likeness (QED) is 0.514. The van der Waals surface area contributed by atoms with Gasteiger partial charge in [0.2, 0.25) is 10.0 Å². The summed E-state index contributed by atoms with van der Waals surface area (Å²) in [6.45, 7) is 1.36. The van der Waals surface area contributed by atoms with Gasteiger partial charge in [-0.15, -0.1) is 0 Å². The molecule has 158 valence electrons. The van der Waals surface area contributed by atoms with Crippen LogP contribution >= 0.6 is 0 Å². The lowest BCUT2D eigenvalue weighted by Gasteiger charge is -2.12. The molecule has 1 aliphatic heterocycles. The highest BCUT2D eigenvalue weighted by Crippen LogP contribution is 2.18. The highest BCUT2D eigenvalue weighted by Gasteiger charge is 2.21. The summed E-state index contributed by atoms with van der Waals surface area (Å²) in [4.78, 5) is 15.8. The summed E-state index contributed by atoms with van der Waals surface area (Å²) in [5.74, 6) is -0.300. The van der Waals surface area contributed by atoms with Gasteiger partial charge in [0.05, 0.1) is 11.0 Å². The van der Waals surface area contributed by atoms with Crippen molar-refractivity contribution in [2.45, 2.75) is 30.3 Å². The third kappa shape index (κ3) is 4.72. The van der Waals surface area contributed by atoms with E-state index in [9.17, 15) is 13.2 Å². The minimum absolute atomic E-state index is 0.0739. The number of aromatic nitrogens is 1. The molecule has 4 rings (SSSR count). The Morgan fingerprint density at radius 2 is 2.03 bits per heavy atom. The summed E-state index contributed by atoms with van der Waals surface area (Å²) in [5.41, 5.74) is 2.50. The van der Waals surface area contributed by atoms with Crippen molar-refractivity contribution in [3.8, 4) is 0 Å². The van der Waals surface area contributed by atoms with E-state index in [1.807, 2.05) is 30.5 Å². The first-order valence-electron chi connectivity index (χ1n) is 10.1. The molecule has 0 bridgehead atoms. The van der Waals surface area contributed by atoms with Crippen LogP contribution in [0.4, 0.5) is 0 Å². The molecule has 2 heterocycles. The number of ether oxygens (including phenoxy) is 1. The Bertz CT molecular complexity index is 1130. The highest BCUT2D eigenvalue weighted by molar-refractivity contribution is 7.89. The summed E-state index contributed by atoms with van der Waals surface area (Å²) < 4.78 is 33.1. The maximum Gasteiger partial charge on any atom is 0.251 e. The van der Waals surface area contributed by atoms with Gasteiger partial charge >= 0.3 is 0 Å². The third-order valence-electron chi connectivity index (χ3n) is 5.29. The Morgan fingerprint density at radius 3 is 2.87 bits per heavy atom. The largest absolute Gasteiger partial charge is 0.377 e. The number of carbonyl (C=O) groups excluding carboxylic acids is 1. The molecule has 0 saturated carbocycles. The monoisotopic (exact) mass is 427 g/mol. The molecule has 1 saturated heterocycles. The van der Waals surface area contributed by atoms with Crippen LogP contribution < -0.4 is 10.0 Å². The van der Waals surface area contributed by atoms with Gasteiger partial charge in [0.1, 0.15) is 0 Å². The van der Waals surface area contributed by atoms with Gasteiger partial charge in [0.15, 0.2) is 0 Å². The molecule has 0 radical (unpaired) electrons. The van der Waals surface area contributed by atoms with Crippen molar-refractivity contribution in [3.05, 3.63) is 65.9 Å². The van der Waals surface area contributed by atoms with E-state index in [0.717, 1.165) is 29.3 Å². The van der Waals surface area contributed by atoms with Crippen LogP contribution in [-0.4, -0.2) is 45.1 Å². The van der Waals surface area contributed by atoms with E-state index in [-0.39, 0.29) is 23.5 Å². The Balaban J connectivity index is 1.36. The van der Waals surface area contributed by atoms with Gasteiger partial charge in [0, 0.05) is 42.4 Å². The van der Waals surface area contributed by atoms with E-state index in [4.69, 9.17) is 4.74 Å². The molecule has 1 aromatic heterocycles. The van der Waals surface area contributed by atoms with Gasteiger partial charge in [-0.2, -0.15) is 0 Å². The molecule has 2 aromatic carbocycles. The zero-order valence-corrected chi connectivity index (χ0v) is 17.4. The van der Waals surface area contributed by atoms with Gasteiger partial charge in [0.25, 0.3) is 5.91 Å². The summed E-state index contributed by atoms with van der Waals surface area (Å²) in [5, 5.41) is 4.01. The maximum absolute atomic E-state index is 12.6. The summed E-state index contributed by atoms with van der Waals surface area (Å²) >= 11 is 0. The van der Waals surface area contributed by atoms with Crippen molar-refractivity contribution in [1.82, 2.24) is 15.0 Å². The van der Waals surface area contributed by atoms with E-state index in [1.54, 1.807) is 12.1 Å². The van der Waals surface area contributed by atoms with E-state index < -0.39 is 10.0 Å². The predicted octanol–water partition coefficient (Wildman–Crippen LogP) is 2.60. The molecule has 30 heavy (non-hydrogen) atoms. The average molecular weight is 428 g/mol. The molecular weight excluding hydrogens is 402 g/mol. The van der Waals surface area contributed by atoms with E-state index in [0.29, 0.717) is 25.1 Å². The molecule has 8 heteroatoms. The number of nitrogens with one attached hydrogen (secondary N) is 3. The van der Waals surface area contributed by atoms with Crippen molar-refractivity contribution in [2.75, 3.05) is 19.7 Å². The van der Waals surface area contributed by atoms with Crippen molar-refractivity contribution in [1.29, 1.82) is 0 Å². The fourth-order valence-electron chi connectivity index (χ4n) is 3.65. The fourth-order valence-corrected chi connectivity index (χ4v) is 4.76. The third-order valence-corrected chi connectivity index (χ3v) is 6.71. The van der Waals surface area contributed by atoms with Crippen LogP contribution in [0.2, 0.25) is 0 Å². The van der Waals surface area contributed by atoms with Crippen molar-refractivity contribution in [3.63, 3.8) is 0 Å². The predicted molar refractivity (Wildman–Crippen MR) is 115 cm³/mol. The number of aromatic amines is 1. The molecule has 1 atom stereocenters. The molecule has 3 aromatic rings. The summed E-state index contributed by atoms with van der Waals surface area (Å²) in [7, 11) is -3.70. The molecule has 0 spiro atoms. The first kappa shape index (κ1) is 20.6. The minimum Gasteiger partial charge on any atom is -0.377 e. The molecule has 1 fully saturated rings. The number of rotatable bonds is 8. The van der Waals surface area contributed by atoms with Crippen molar-refractivity contribution >= 4 is 26.8 Å². The topological polar surface area (TPSA) is 100 Å². The molecule has 1 aliphatic rings. The molecule has 7 nitrogen and oxygen atoms in total. The first-order valence-corrected chi connectivity index (χ1v) is 11.6. The van der Waals surface area contributed by atoms with Crippen molar-refractivity contribution < 1.29 is 17.9 Å². The lowest BCUT2D eigenvalue weighted by Crippen LogP contribution is -2.32. The second kappa shape index (κ2) is 8.99. The van der Waals surface area contributed by atoms with Gasteiger partial charge in [-0.3, -0.25) is 4.79 Å². The Labute approximate surface area is 175 Å². The van der Waals surface area contributed by atoms with Crippen LogP contribution in [0.3, 0.4) is 0 Å². The zero-order chi connectivity index (χ0) is 21.0. The van der Waals surface area contributed by atoms with Gasteiger partial charge < -0.3 is 15.0 Å². The highest BCUT2D eigenvalue weighted by atomic mass is 32.2. The molecule has 3 N–H and O–H groups in total. The van der Waals surface area contributed by atoms with Crippen LogP contribution in [0.1, 0.15) is 28.8 Å². The number of carbonyl (C=O) groups is 1. The van der Waals surface area contributed by atoms with Crippen molar-refractivity contribution in [2.24, 2.45) is 0 Å². The number of sulfonamides is 1. The second-order valence-corrected chi connectivity index (χ2v) is 9.15. The fraction of sp³-hybridized carbons (Fsp3) is 0.318. The summed E-state index contributed by atoms with van der Waals surface area (Å²) in [6, 6.07) is 14.1.